The molecule has 0 saturated carbocycles. The van der Waals surface area contributed by atoms with Gasteiger partial charge in [0, 0.05) is 0 Å². The Balaban J connectivity index is 0. The monoisotopic (exact) mass is 438 g/mol. The summed E-state index contributed by atoms with van der Waals surface area (Å²) in [4.78, 5) is 0. The van der Waals surface area contributed by atoms with Gasteiger partial charge in [-0.1, -0.05) is 91.4 Å². The minimum absolute atomic E-state index is 0. The first kappa shape index (κ1) is 25.4. The topological polar surface area (TPSA) is 0 Å². The third-order valence-corrected chi connectivity index (χ3v) is 7.33. The van der Waals surface area contributed by atoms with Gasteiger partial charge in [0.2, 0.25) is 0 Å². The van der Waals surface area contributed by atoms with Crippen LogP contribution in [0.2, 0.25) is 0 Å². The Hall–Kier alpha value is 1.15. The fraction of sp³-hybridized carbons (Fsp3) is 1.00. The van der Waals surface area contributed by atoms with Crippen LogP contribution in [0.3, 0.4) is 0 Å². The van der Waals surface area contributed by atoms with E-state index < -0.39 is 0 Å². The van der Waals surface area contributed by atoms with Gasteiger partial charge >= 0.3 is 23.9 Å². The molecule has 0 spiro atoms. The van der Waals surface area contributed by atoms with Crippen LogP contribution in [0.5, 0.6) is 0 Å². The van der Waals surface area contributed by atoms with E-state index in [1.165, 1.54) is 89.9 Å². The van der Waals surface area contributed by atoms with E-state index in [9.17, 15) is 0 Å². The average Bonchev–Trinajstić information content (AvgIpc) is 2.51. The second kappa shape index (κ2) is 22.1. The molecule has 0 aromatic rings. The Bertz CT molecular complexity index is 177. The van der Waals surface area contributed by atoms with Crippen LogP contribution in [0.1, 0.15) is 111 Å². The molecule has 0 aliphatic carbocycles. The van der Waals surface area contributed by atoms with Crippen LogP contribution in [0.4, 0.5) is 0 Å². The molecule has 0 bridgehead atoms. The predicted molar refractivity (Wildman–Crippen MR) is 114 cm³/mol. The normalized spacial score (nSPS) is 11.3. The van der Waals surface area contributed by atoms with Crippen LogP contribution in [0.25, 0.3) is 0 Å². The molecule has 0 N–H and O–H groups in total. The van der Waals surface area contributed by atoms with Crippen LogP contribution in [0, 0.1) is 0 Å². The first-order chi connectivity index (χ1) is 10.3. The van der Waals surface area contributed by atoms with E-state index in [0.29, 0.717) is 10.9 Å². The molecule has 0 aliphatic rings. The third kappa shape index (κ3) is 19.2. The Morgan fingerprint density at radius 2 is 0.727 bits per heavy atom. The number of thiol groups is 1. The molecule has 0 saturated heterocycles. The van der Waals surface area contributed by atoms with Gasteiger partial charge < -0.3 is 0 Å². The van der Waals surface area contributed by atoms with Crippen LogP contribution in [-0.2, 0) is 0 Å². The quantitative estimate of drug-likeness (QED) is 0.148. The molecule has 2 radical (unpaired) electrons. The van der Waals surface area contributed by atoms with E-state index >= 15 is 0 Å². The first-order valence-corrected chi connectivity index (χ1v) is 12.0. The zero-order chi connectivity index (χ0) is 15.6. The van der Waals surface area contributed by atoms with Gasteiger partial charge in [-0.05, 0) is 36.5 Å². The van der Waals surface area contributed by atoms with E-state index in [2.05, 4.69) is 20.8 Å². The van der Waals surface area contributed by atoms with Crippen molar-refractivity contribution in [1.82, 2.24) is 0 Å². The van der Waals surface area contributed by atoms with Crippen LogP contribution >= 0.6 is 10.9 Å². The van der Waals surface area contributed by atoms with Gasteiger partial charge in [0.05, 0.1) is 0 Å². The molecule has 0 aromatic heterocycles. The molecule has 0 rings (SSSR count). The average molecular weight is 437 g/mol. The molecule has 0 atom stereocenters. The van der Waals surface area contributed by atoms with Crippen molar-refractivity contribution in [1.29, 1.82) is 0 Å². The summed E-state index contributed by atoms with van der Waals surface area (Å²) in [5.41, 5.74) is 0. The second-order valence-corrected chi connectivity index (χ2v) is 9.41. The second-order valence-electron chi connectivity index (χ2n) is 6.73. The number of unbranched alkanes of at least 4 members (excludes halogenated alkanes) is 11. The first-order valence-electron chi connectivity index (χ1n) is 10.1. The molecule has 0 heterocycles. The molecule has 0 amide bonds. The molecule has 0 unspecified atom stereocenters. The maximum absolute atomic E-state index is 2.34. The van der Waals surface area contributed by atoms with E-state index in [1.807, 2.05) is 0 Å². The van der Waals surface area contributed by atoms with Crippen LogP contribution < -0.4 is 0 Å². The van der Waals surface area contributed by atoms with Gasteiger partial charge in [-0.25, -0.2) is 0 Å². The Kier molecular flexibility index (Phi) is 25.6. The molecule has 0 nitrogen and oxygen atoms in total. The van der Waals surface area contributed by atoms with Gasteiger partial charge in [0.15, 0.2) is 0 Å². The molecular weight excluding hydrogens is 391 g/mol. The van der Waals surface area contributed by atoms with Crippen molar-refractivity contribution in [2.75, 3.05) is 17.3 Å². The summed E-state index contributed by atoms with van der Waals surface area (Å²) in [6.07, 6.45) is 20.5. The van der Waals surface area contributed by atoms with Gasteiger partial charge in [-0.3, -0.25) is 10.9 Å². The number of rotatable bonds is 17. The molecule has 2 heteroatoms. The summed E-state index contributed by atoms with van der Waals surface area (Å²) in [6, 6.07) is 0. The van der Waals surface area contributed by atoms with Gasteiger partial charge in [0.25, 0.3) is 0 Å². The van der Waals surface area contributed by atoms with E-state index in [0.717, 1.165) is 0 Å². The van der Waals surface area contributed by atoms with Gasteiger partial charge in [-0.2, -0.15) is 0 Å². The molecule has 0 aromatic carbocycles. The summed E-state index contributed by atoms with van der Waals surface area (Å²) in [7, 11) is 0.393. The van der Waals surface area contributed by atoms with E-state index in [4.69, 9.17) is 0 Å². The van der Waals surface area contributed by atoms with Crippen molar-refractivity contribution in [3.8, 4) is 0 Å². The molecule has 0 fully saturated rings. The number of hydrogen-bond acceptors (Lipinski definition) is 0. The summed E-state index contributed by atoms with van der Waals surface area (Å²) in [6.45, 7) is 6.98. The Morgan fingerprint density at radius 1 is 0.409 bits per heavy atom. The fourth-order valence-corrected chi connectivity index (χ4v) is 5.79. The van der Waals surface area contributed by atoms with Gasteiger partial charge in [-0.15, -0.1) is 0 Å². The maximum atomic E-state index is 2.34. The predicted octanol–water partition coefficient (Wildman–Crippen LogP) is 6.59. The van der Waals surface area contributed by atoms with Crippen molar-refractivity contribution in [2.24, 2.45) is 0 Å². The molecule has 136 valence electrons. The van der Waals surface area contributed by atoms with E-state index in [-0.39, 0.29) is 23.9 Å². The summed E-state index contributed by atoms with van der Waals surface area (Å²) >= 11 is 0. The Morgan fingerprint density at radius 3 is 1.14 bits per heavy atom. The van der Waals surface area contributed by atoms with Crippen molar-refractivity contribution in [3.05, 3.63) is 0 Å². The summed E-state index contributed by atoms with van der Waals surface area (Å²) in [5, 5.41) is 0. The van der Waals surface area contributed by atoms with E-state index in [1.54, 1.807) is 17.3 Å². The standard InChI is InChI=1S/C20H44S.Sn.2H/c1-4-7-10-11-12-13-14-15-16-17-20-21(18-8-5-2)19-9-6-3;;;/h21H,4-20H2,1-3H3;;;. The third-order valence-electron chi connectivity index (χ3n) is 4.48. The molecule has 22 heavy (non-hydrogen) atoms. The summed E-state index contributed by atoms with van der Waals surface area (Å²) < 4.78 is 0. The summed E-state index contributed by atoms with van der Waals surface area (Å²) in [5.74, 6) is 4.69. The SMILES string of the molecule is CCCCCCCCCCCC[SH](CCCC)CCCC.[SnH2]. The van der Waals surface area contributed by atoms with Crippen molar-refractivity contribution >= 4 is 34.8 Å². The van der Waals surface area contributed by atoms with Crippen LogP contribution in [0.15, 0.2) is 0 Å². The fourth-order valence-electron chi connectivity index (χ4n) is 2.92. The zero-order valence-electron chi connectivity index (χ0n) is 16.2. The van der Waals surface area contributed by atoms with Gasteiger partial charge in [0.1, 0.15) is 0 Å². The minimum atomic E-state index is 0. The van der Waals surface area contributed by atoms with Crippen LogP contribution in [-0.4, -0.2) is 41.2 Å². The van der Waals surface area contributed by atoms with Crippen molar-refractivity contribution in [3.63, 3.8) is 0 Å². The molecule has 0 aliphatic heterocycles. The molecular formula is C20H46SSn. The zero-order valence-corrected chi connectivity index (χ0v) is 21.1. The number of hydrogen-bond donors (Lipinski definition) is 1. The van der Waals surface area contributed by atoms with Crippen molar-refractivity contribution < 1.29 is 0 Å². The Labute approximate surface area is 162 Å². The van der Waals surface area contributed by atoms with Crippen molar-refractivity contribution in [2.45, 2.75) is 111 Å².